The molecule has 8 aromatic carbocycles. The number of hydrogen-bond acceptors (Lipinski definition) is 4. The van der Waals surface area contributed by atoms with Crippen LogP contribution in [0.15, 0.2) is 225 Å². The SMILES string of the molecule is c1ccc(N(c2ccccc2)c2ccc3c(c2)c2cc(N(c4ccccc4)c4ccccc4)ccc2n3-c2ccc(-c3cccc(-c4cncnc4)c3)cc2)cc1. The minimum absolute atomic E-state index is 0.996. The van der Waals surface area contributed by atoms with Gasteiger partial charge in [0.05, 0.1) is 11.0 Å². The van der Waals surface area contributed by atoms with Gasteiger partial charge in [-0.3, -0.25) is 0 Å². The normalized spacial score (nSPS) is 11.2. The quantitative estimate of drug-likeness (QED) is 0.148. The van der Waals surface area contributed by atoms with Gasteiger partial charge in [0.2, 0.25) is 0 Å². The third kappa shape index (κ3) is 6.47. The molecule has 57 heavy (non-hydrogen) atoms. The Morgan fingerprint density at radius 2 is 0.737 bits per heavy atom. The van der Waals surface area contributed by atoms with Gasteiger partial charge in [-0.1, -0.05) is 103 Å². The fourth-order valence-corrected chi connectivity index (χ4v) is 7.89. The molecule has 0 unspecified atom stereocenters. The van der Waals surface area contributed by atoms with E-state index in [9.17, 15) is 0 Å². The van der Waals surface area contributed by atoms with Gasteiger partial charge in [-0.15, -0.1) is 0 Å². The molecular weight excluding hydrogens is 695 g/mol. The molecule has 5 nitrogen and oxygen atoms in total. The van der Waals surface area contributed by atoms with Crippen LogP contribution in [-0.4, -0.2) is 14.5 Å². The van der Waals surface area contributed by atoms with Gasteiger partial charge in [0.15, 0.2) is 0 Å². The smallest absolute Gasteiger partial charge is 0.115 e. The summed E-state index contributed by atoms with van der Waals surface area (Å²) in [7, 11) is 0. The number of aromatic nitrogens is 3. The molecule has 0 N–H and O–H groups in total. The van der Waals surface area contributed by atoms with Crippen LogP contribution in [0.2, 0.25) is 0 Å². The molecule has 0 bridgehead atoms. The van der Waals surface area contributed by atoms with E-state index in [1.54, 1.807) is 6.33 Å². The molecule has 10 rings (SSSR count). The Morgan fingerprint density at radius 1 is 0.316 bits per heavy atom. The van der Waals surface area contributed by atoms with Gasteiger partial charge < -0.3 is 14.4 Å². The topological polar surface area (TPSA) is 37.2 Å². The number of anilines is 6. The molecule has 0 aliphatic rings. The second kappa shape index (κ2) is 14.8. The fraction of sp³-hybridized carbons (Fsp3) is 0. The van der Waals surface area contributed by atoms with E-state index in [4.69, 9.17) is 0 Å². The van der Waals surface area contributed by atoms with E-state index in [2.05, 4.69) is 231 Å². The fourth-order valence-electron chi connectivity index (χ4n) is 7.89. The molecule has 10 aromatic rings. The van der Waals surface area contributed by atoms with Gasteiger partial charge in [-0.25, -0.2) is 9.97 Å². The second-order valence-corrected chi connectivity index (χ2v) is 14.0. The van der Waals surface area contributed by atoms with Crippen molar-refractivity contribution in [3.63, 3.8) is 0 Å². The van der Waals surface area contributed by atoms with E-state index in [0.29, 0.717) is 0 Å². The highest BCUT2D eigenvalue weighted by Crippen LogP contribution is 2.43. The van der Waals surface area contributed by atoms with Gasteiger partial charge in [0, 0.05) is 68.5 Å². The summed E-state index contributed by atoms with van der Waals surface area (Å²) in [5.74, 6) is 0. The summed E-state index contributed by atoms with van der Waals surface area (Å²) in [6, 6.07) is 73.6. The molecule has 0 atom stereocenters. The molecule has 0 amide bonds. The van der Waals surface area contributed by atoms with Crippen LogP contribution >= 0.6 is 0 Å². The summed E-state index contributed by atoms with van der Waals surface area (Å²) in [4.78, 5) is 13.1. The van der Waals surface area contributed by atoms with Crippen LogP contribution in [0.1, 0.15) is 0 Å². The number of fused-ring (bicyclic) bond motifs is 3. The molecule has 270 valence electrons. The third-order valence-corrected chi connectivity index (χ3v) is 10.5. The monoisotopic (exact) mass is 731 g/mol. The molecule has 0 saturated carbocycles. The van der Waals surface area contributed by atoms with Gasteiger partial charge in [0.1, 0.15) is 6.33 Å². The zero-order valence-corrected chi connectivity index (χ0v) is 31.1. The first-order valence-electron chi connectivity index (χ1n) is 19.1. The van der Waals surface area contributed by atoms with Crippen LogP contribution in [-0.2, 0) is 0 Å². The zero-order chi connectivity index (χ0) is 38.0. The Balaban J connectivity index is 1.15. The lowest BCUT2D eigenvalue weighted by Crippen LogP contribution is -2.09. The first-order valence-corrected chi connectivity index (χ1v) is 19.1. The minimum Gasteiger partial charge on any atom is -0.310 e. The van der Waals surface area contributed by atoms with Gasteiger partial charge >= 0.3 is 0 Å². The van der Waals surface area contributed by atoms with Crippen molar-refractivity contribution < 1.29 is 0 Å². The van der Waals surface area contributed by atoms with Crippen LogP contribution in [0.25, 0.3) is 49.7 Å². The van der Waals surface area contributed by atoms with E-state index in [1.807, 2.05) is 12.4 Å². The highest BCUT2D eigenvalue weighted by Gasteiger charge is 2.20. The summed E-state index contributed by atoms with van der Waals surface area (Å²) in [6.45, 7) is 0. The molecular formula is C52H37N5. The van der Waals surface area contributed by atoms with Crippen molar-refractivity contribution in [3.8, 4) is 27.9 Å². The average molecular weight is 732 g/mol. The Bertz CT molecular complexity index is 2710. The summed E-state index contributed by atoms with van der Waals surface area (Å²) < 4.78 is 2.39. The zero-order valence-electron chi connectivity index (χ0n) is 31.1. The molecule has 2 aromatic heterocycles. The van der Waals surface area contributed by atoms with E-state index in [1.165, 1.54) is 10.8 Å². The number of nitrogens with zero attached hydrogens (tertiary/aromatic N) is 5. The maximum Gasteiger partial charge on any atom is 0.115 e. The standard InChI is InChI=1S/C52H37N5/c1-5-16-42(17-6-1)55(43-18-7-2-8-19-43)47-28-30-51-49(33-47)50-34-48(56(44-20-9-3-10-21-44)45-22-11-4-12-23-45)29-31-52(50)57(51)46-26-24-38(25-27-46)39-14-13-15-40(32-39)41-35-53-37-54-36-41/h1-37H. The van der Waals surface area contributed by atoms with E-state index < -0.39 is 0 Å². The van der Waals surface area contributed by atoms with Crippen LogP contribution in [0.3, 0.4) is 0 Å². The van der Waals surface area contributed by atoms with Gasteiger partial charge in [-0.05, 0) is 120 Å². The Kier molecular flexibility index (Phi) is 8.78. The van der Waals surface area contributed by atoms with Crippen molar-refractivity contribution >= 4 is 55.9 Å². The number of benzene rings is 8. The average Bonchev–Trinajstić information content (AvgIpc) is 3.61. The lowest BCUT2D eigenvalue weighted by Gasteiger charge is -2.26. The van der Waals surface area contributed by atoms with Gasteiger partial charge in [-0.2, -0.15) is 0 Å². The maximum absolute atomic E-state index is 4.23. The molecule has 0 radical (unpaired) electrons. The van der Waals surface area contributed by atoms with E-state index in [-0.39, 0.29) is 0 Å². The van der Waals surface area contributed by atoms with Gasteiger partial charge in [0.25, 0.3) is 0 Å². The molecule has 0 fully saturated rings. The van der Waals surface area contributed by atoms with Crippen LogP contribution in [0.4, 0.5) is 34.1 Å². The highest BCUT2D eigenvalue weighted by atomic mass is 15.1. The van der Waals surface area contributed by atoms with Crippen LogP contribution < -0.4 is 9.80 Å². The summed E-state index contributed by atoms with van der Waals surface area (Å²) in [5, 5.41) is 2.34. The van der Waals surface area contributed by atoms with Crippen molar-refractivity contribution in [3.05, 3.63) is 225 Å². The Labute approximate surface area is 332 Å². The first kappa shape index (κ1) is 33.8. The van der Waals surface area contributed by atoms with Crippen molar-refractivity contribution in [1.82, 2.24) is 14.5 Å². The molecule has 0 aliphatic heterocycles. The maximum atomic E-state index is 4.23. The minimum atomic E-state index is 0.996. The lowest BCUT2D eigenvalue weighted by atomic mass is 10.0. The highest BCUT2D eigenvalue weighted by molar-refractivity contribution is 6.12. The number of para-hydroxylation sites is 4. The van der Waals surface area contributed by atoms with Crippen molar-refractivity contribution in [1.29, 1.82) is 0 Å². The second-order valence-electron chi connectivity index (χ2n) is 14.0. The summed E-state index contributed by atoms with van der Waals surface area (Å²) in [6.07, 6.45) is 5.27. The Morgan fingerprint density at radius 3 is 1.18 bits per heavy atom. The lowest BCUT2D eigenvalue weighted by molar-refractivity contribution is 1.17. The predicted octanol–water partition coefficient (Wildman–Crippen LogP) is 13.8. The van der Waals surface area contributed by atoms with E-state index in [0.717, 1.165) is 73.1 Å². The molecule has 0 aliphatic carbocycles. The van der Waals surface area contributed by atoms with Crippen molar-refractivity contribution in [2.45, 2.75) is 0 Å². The number of rotatable bonds is 9. The predicted molar refractivity (Wildman–Crippen MR) is 237 cm³/mol. The molecule has 2 heterocycles. The molecule has 0 saturated heterocycles. The summed E-state index contributed by atoms with van der Waals surface area (Å²) >= 11 is 0. The Hall–Kier alpha value is -7.76. The molecule has 5 heteroatoms. The first-order chi connectivity index (χ1) is 28.3. The summed E-state index contributed by atoms with van der Waals surface area (Å²) in [5.41, 5.74) is 14.3. The van der Waals surface area contributed by atoms with Crippen LogP contribution in [0, 0.1) is 0 Å². The van der Waals surface area contributed by atoms with Crippen molar-refractivity contribution in [2.75, 3.05) is 9.80 Å². The van der Waals surface area contributed by atoms with Crippen LogP contribution in [0.5, 0.6) is 0 Å². The molecule has 0 spiro atoms. The largest absolute Gasteiger partial charge is 0.310 e. The van der Waals surface area contributed by atoms with Crippen molar-refractivity contribution in [2.24, 2.45) is 0 Å². The van der Waals surface area contributed by atoms with E-state index >= 15 is 0 Å². The number of hydrogen-bond donors (Lipinski definition) is 0. The third-order valence-electron chi connectivity index (χ3n) is 10.5.